The quantitative estimate of drug-likeness (QED) is 0.709. The lowest BCUT2D eigenvalue weighted by atomic mass is 10.2. The van der Waals surface area contributed by atoms with Gasteiger partial charge in [-0.1, -0.05) is 0 Å². The van der Waals surface area contributed by atoms with E-state index < -0.39 is 17.9 Å². The van der Waals surface area contributed by atoms with Gasteiger partial charge >= 0.3 is 5.97 Å². The zero-order valence-corrected chi connectivity index (χ0v) is 9.71. The average molecular weight is 248 g/mol. The van der Waals surface area contributed by atoms with Crippen LogP contribution in [0.4, 0.5) is 0 Å². The third-order valence-electron chi connectivity index (χ3n) is 2.29. The number of carboxylic acid groups (broad SMARTS) is 1. The second-order valence-electron chi connectivity index (χ2n) is 3.64. The maximum absolute atomic E-state index is 11.7. The summed E-state index contributed by atoms with van der Waals surface area (Å²) in [7, 11) is 1.54. The van der Waals surface area contributed by atoms with Crippen LogP contribution in [-0.2, 0) is 11.8 Å². The van der Waals surface area contributed by atoms with E-state index in [4.69, 9.17) is 11.5 Å². The summed E-state index contributed by atoms with van der Waals surface area (Å²) in [6, 6.07) is 1.39. The maximum atomic E-state index is 11.7. The second kappa shape index (κ2) is 5.68. The largest absolute Gasteiger partial charge is 0.480 e. The molecule has 0 fully saturated rings. The van der Waals surface area contributed by atoms with Crippen molar-refractivity contribution in [1.29, 1.82) is 0 Å². The first-order valence-electron chi connectivity index (χ1n) is 5.09. The predicted octanol–water partition coefficient (Wildman–Crippen LogP) is -0.408. The van der Waals surface area contributed by atoms with E-state index in [2.05, 4.69) is 11.2 Å². The Kier molecular flexibility index (Phi) is 4.27. The van der Waals surface area contributed by atoms with E-state index in [1.807, 2.05) is 0 Å². The molecule has 0 aromatic carbocycles. The van der Waals surface area contributed by atoms with Crippen molar-refractivity contribution in [1.82, 2.24) is 9.88 Å². The molecule has 0 aliphatic carbocycles. The van der Waals surface area contributed by atoms with Crippen molar-refractivity contribution in [2.75, 3.05) is 0 Å². The highest BCUT2D eigenvalue weighted by molar-refractivity contribution is 5.96. The summed E-state index contributed by atoms with van der Waals surface area (Å²) in [4.78, 5) is 33.8. The van der Waals surface area contributed by atoms with Crippen LogP contribution in [0.15, 0.2) is 23.1 Å². The Morgan fingerprint density at radius 2 is 2.28 bits per heavy atom. The van der Waals surface area contributed by atoms with Crippen LogP contribution in [0.25, 0.3) is 0 Å². The van der Waals surface area contributed by atoms with Crippen LogP contribution in [0, 0.1) is 12.3 Å². The van der Waals surface area contributed by atoms with Crippen LogP contribution >= 0.6 is 0 Å². The minimum absolute atomic E-state index is 0.0985. The number of nitrogens with zero attached hydrogens (tertiary/aromatic N) is 1. The Morgan fingerprint density at radius 1 is 1.61 bits per heavy atom. The molecule has 1 heterocycles. The molecule has 1 unspecified atom stereocenters. The lowest BCUT2D eigenvalue weighted by molar-refractivity contribution is -0.139. The van der Waals surface area contributed by atoms with Gasteiger partial charge in [0.25, 0.3) is 11.5 Å². The topological polar surface area (TPSA) is 88.4 Å². The van der Waals surface area contributed by atoms with Crippen LogP contribution in [0.2, 0.25) is 0 Å². The molecule has 0 saturated carbocycles. The summed E-state index contributed by atoms with van der Waals surface area (Å²) >= 11 is 0. The van der Waals surface area contributed by atoms with Crippen molar-refractivity contribution in [3.05, 3.63) is 34.2 Å². The second-order valence-corrected chi connectivity index (χ2v) is 3.64. The Bertz CT molecular complexity index is 568. The molecular formula is C12H12N2O4. The number of aryl methyl sites for hydroxylation is 1. The molecule has 1 amide bonds. The number of pyridine rings is 1. The van der Waals surface area contributed by atoms with Gasteiger partial charge in [0, 0.05) is 31.3 Å². The van der Waals surface area contributed by atoms with Crippen LogP contribution in [0.1, 0.15) is 16.8 Å². The van der Waals surface area contributed by atoms with Gasteiger partial charge in [-0.15, -0.1) is 12.3 Å². The molecular weight excluding hydrogens is 236 g/mol. The van der Waals surface area contributed by atoms with Gasteiger partial charge in [-0.2, -0.15) is 0 Å². The normalized spacial score (nSPS) is 11.3. The van der Waals surface area contributed by atoms with Crippen molar-refractivity contribution in [3.8, 4) is 12.3 Å². The number of nitrogens with one attached hydrogen (secondary N) is 1. The zero-order valence-electron chi connectivity index (χ0n) is 9.71. The summed E-state index contributed by atoms with van der Waals surface area (Å²) in [6.45, 7) is 0. The molecule has 1 rings (SSSR count). The molecule has 0 radical (unpaired) electrons. The van der Waals surface area contributed by atoms with Gasteiger partial charge in [-0.05, 0) is 6.07 Å². The summed E-state index contributed by atoms with van der Waals surface area (Å²) < 4.78 is 1.30. The van der Waals surface area contributed by atoms with Crippen LogP contribution in [0.3, 0.4) is 0 Å². The Morgan fingerprint density at radius 3 is 2.78 bits per heavy atom. The smallest absolute Gasteiger partial charge is 0.327 e. The van der Waals surface area contributed by atoms with Crippen molar-refractivity contribution in [2.24, 2.45) is 7.05 Å². The fourth-order valence-electron chi connectivity index (χ4n) is 1.25. The van der Waals surface area contributed by atoms with Crippen molar-refractivity contribution < 1.29 is 14.7 Å². The summed E-state index contributed by atoms with van der Waals surface area (Å²) in [5, 5.41) is 11.1. The summed E-state index contributed by atoms with van der Waals surface area (Å²) in [5.41, 5.74) is -0.257. The van der Waals surface area contributed by atoms with Gasteiger partial charge < -0.3 is 15.0 Å². The van der Waals surface area contributed by atoms with E-state index in [1.165, 1.54) is 16.8 Å². The standard InChI is InChI=1S/C12H12N2O4/c1-3-4-9(12(17)18)13-11(16)8-5-6-14(2)10(15)7-8/h1,5-7,9H,4H2,2H3,(H,13,16)(H,17,18). The molecule has 1 atom stereocenters. The van der Waals surface area contributed by atoms with E-state index in [9.17, 15) is 14.4 Å². The highest BCUT2D eigenvalue weighted by Gasteiger charge is 2.19. The van der Waals surface area contributed by atoms with Gasteiger partial charge in [0.2, 0.25) is 0 Å². The average Bonchev–Trinajstić information content (AvgIpc) is 2.31. The van der Waals surface area contributed by atoms with E-state index in [1.54, 1.807) is 7.05 Å². The molecule has 94 valence electrons. The molecule has 1 aromatic rings. The molecule has 0 aliphatic rings. The SMILES string of the molecule is C#CCC(NC(=O)c1ccn(C)c(=O)c1)C(=O)O. The fraction of sp³-hybridized carbons (Fsp3) is 0.250. The lowest BCUT2D eigenvalue weighted by Gasteiger charge is -2.11. The number of rotatable bonds is 4. The molecule has 18 heavy (non-hydrogen) atoms. The van der Waals surface area contributed by atoms with Gasteiger partial charge in [-0.25, -0.2) is 4.79 Å². The number of aliphatic carboxylic acids is 1. The molecule has 2 N–H and O–H groups in total. The summed E-state index contributed by atoms with van der Waals surface area (Å²) in [6.07, 6.45) is 6.31. The fourth-order valence-corrected chi connectivity index (χ4v) is 1.25. The third-order valence-corrected chi connectivity index (χ3v) is 2.29. The Labute approximate surface area is 103 Å². The highest BCUT2D eigenvalue weighted by atomic mass is 16.4. The number of carbonyl (C=O) groups is 2. The lowest BCUT2D eigenvalue weighted by Crippen LogP contribution is -2.40. The number of hydrogen-bond donors (Lipinski definition) is 2. The predicted molar refractivity (Wildman–Crippen MR) is 64.0 cm³/mol. The van der Waals surface area contributed by atoms with Crippen LogP contribution in [0.5, 0.6) is 0 Å². The van der Waals surface area contributed by atoms with E-state index in [0.29, 0.717) is 0 Å². The van der Waals surface area contributed by atoms with Crippen molar-refractivity contribution in [2.45, 2.75) is 12.5 Å². The van der Waals surface area contributed by atoms with Gasteiger partial charge in [0.1, 0.15) is 6.04 Å². The molecule has 1 aromatic heterocycles. The van der Waals surface area contributed by atoms with E-state index in [0.717, 1.165) is 6.07 Å². The minimum Gasteiger partial charge on any atom is -0.480 e. The van der Waals surface area contributed by atoms with Crippen molar-refractivity contribution in [3.63, 3.8) is 0 Å². The minimum atomic E-state index is -1.22. The van der Waals surface area contributed by atoms with Crippen LogP contribution in [-0.4, -0.2) is 27.6 Å². The molecule has 0 aliphatic heterocycles. The number of amides is 1. The molecule has 6 heteroatoms. The first kappa shape index (κ1) is 13.5. The maximum Gasteiger partial charge on any atom is 0.327 e. The number of carboxylic acids is 1. The molecule has 0 spiro atoms. The molecule has 6 nitrogen and oxygen atoms in total. The number of carbonyl (C=O) groups excluding carboxylic acids is 1. The van der Waals surface area contributed by atoms with E-state index in [-0.39, 0.29) is 17.5 Å². The highest BCUT2D eigenvalue weighted by Crippen LogP contribution is 1.98. The van der Waals surface area contributed by atoms with Gasteiger partial charge in [-0.3, -0.25) is 9.59 Å². The number of aromatic nitrogens is 1. The van der Waals surface area contributed by atoms with Gasteiger partial charge in [0.15, 0.2) is 0 Å². The van der Waals surface area contributed by atoms with Crippen LogP contribution < -0.4 is 10.9 Å². The zero-order chi connectivity index (χ0) is 13.7. The monoisotopic (exact) mass is 248 g/mol. The molecule has 0 saturated heterocycles. The first-order valence-corrected chi connectivity index (χ1v) is 5.09. The van der Waals surface area contributed by atoms with Crippen molar-refractivity contribution >= 4 is 11.9 Å². The van der Waals surface area contributed by atoms with E-state index >= 15 is 0 Å². The first-order chi connectivity index (χ1) is 8.45. The Hall–Kier alpha value is -2.55. The number of hydrogen-bond acceptors (Lipinski definition) is 3. The summed E-state index contributed by atoms with van der Waals surface area (Å²) in [5.74, 6) is 0.304. The molecule has 0 bridgehead atoms. The third kappa shape index (κ3) is 3.22. The Balaban J connectivity index is 2.87. The van der Waals surface area contributed by atoms with Gasteiger partial charge in [0.05, 0.1) is 0 Å². The number of terminal acetylenes is 1.